The molecular formula is C11H21N3O3. The van der Waals surface area contributed by atoms with Gasteiger partial charge in [0.25, 0.3) is 5.89 Å². The van der Waals surface area contributed by atoms with Crippen molar-refractivity contribution < 1.29 is 14.0 Å². The van der Waals surface area contributed by atoms with E-state index in [1.54, 1.807) is 0 Å². The second kappa shape index (κ2) is 6.09. The van der Waals surface area contributed by atoms with Crippen LogP contribution in [0.3, 0.4) is 0 Å². The van der Waals surface area contributed by atoms with Crippen molar-refractivity contribution >= 4 is 0 Å². The molecule has 1 heterocycles. The minimum absolute atomic E-state index is 0.118. The first-order valence-corrected chi connectivity index (χ1v) is 5.77. The van der Waals surface area contributed by atoms with E-state index in [9.17, 15) is 0 Å². The van der Waals surface area contributed by atoms with Crippen molar-refractivity contribution in [3.05, 3.63) is 11.7 Å². The van der Waals surface area contributed by atoms with E-state index in [0.29, 0.717) is 31.5 Å². The lowest BCUT2D eigenvalue weighted by atomic mass is 10.1. The van der Waals surface area contributed by atoms with E-state index in [1.807, 2.05) is 27.7 Å². The van der Waals surface area contributed by atoms with Crippen LogP contribution in [0.5, 0.6) is 0 Å². The van der Waals surface area contributed by atoms with Gasteiger partial charge in [0.05, 0.1) is 12.7 Å². The molecule has 0 fully saturated rings. The fourth-order valence-electron chi connectivity index (χ4n) is 1.14. The summed E-state index contributed by atoms with van der Waals surface area (Å²) in [5.74, 6) is 0.871. The summed E-state index contributed by atoms with van der Waals surface area (Å²) in [5.41, 5.74) is 5.33. The first-order chi connectivity index (χ1) is 7.95. The number of nitrogens with zero attached hydrogens (tertiary/aromatic N) is 2. The van der Waals surface area contributed by atoms with Crippen LogP contribution in [0, 0.1) is 0 Å². The standard InChI is InChI=1S/C11H21N3O3/c1-5-15-6-9-13-10(14-17-9)11(4,12)7-16-8(2)3/h8H,5-7,12H2,1-4H3. The molecule has 1 aromatic rings. The first-order valence-electron chi connectivity index (χ1n) is 5.77. The van der Waals surface area contributed by atoms with E-state index in [2.05, 4.69) is 10.1 Å². The molecule has 17 heavy (non-hydrogen) atoms. The molecule has 6 heteroatoms. The third kappa shape index (κ3) is 4.41. The zero-order chi connectivity index (χ0) is 12.9. The second-order valence-corrected chi connectivity index (χ2v) is 4.43. The summed E-state index contributed by atoms with van der Waals surface area (Å²) < 4.78 is 15.7. The summed E-state index contributed by atoms with van der Waals surface area (Å²) in [7, 11) is 0. The predicted octanol–water partition coefficient (Wildman–Crippen LogP) is 1.20. The number of ether oxygens (including phenoxy) is 2. The predicted molar refractivity (Wildman–Crippen MR) is 62.3 cm³/mol. The van der Waals surface area contributed by atoms with Gasteiger partial charge >= 0.3 is 0 Å². The Kier molecular flexibility index (Phi) is 5.04. The highest BCUT2D eigenvalue weighted by Crippen LogP contribution is 2.15. The SMILES string of the molecule is CCOCc1nc(C(C)(N)COC(C)C)no1. The van der Waals surface area contributed by atoms with Gasteiger partial charge in [0.2, 0.25) is 0 Å². The van der Waals surface area contributed by atoms with Crippen molar-refractivity contribution in [1.29, 1.82) is 0 Å². The molecule has 1 rings (SSSR count). The first kappa shape index (κ1) is 14.1. The van der Waals surface area contributed by atoms with Gasteiger partial charge in [0.1, 0.15) is 12.1 Å². The summed E-state index contributed by atoms with van der Waals surface area (Å²) in [6, 6.07) is 0. The van der Waals surface area contributed by atoms with Crippen LogP contribution in [0.25, 0.3) is 0 Å². The van der Waals surface area contributed by atoms with E-state index in [0.717, 1.165) is 0 Å². The Labute approximate surface area is 101 Å². The highest BCUT2D eigenvalue weighted by atomic mass is 16.5. The van der Waals surface area contributed by atoms with Gasteiger partial charge in [-0.25, -0.2) is 0 Å². The highest BCUT2D eigenvalue weighted by Gasteiger charge is 2.28. The quantitative estimate of drug-likeness (QED) is 0.774. The van der Waals surface area contributed by atoms with Gasteiger partial charge in [0.15, 0.2) is 5.82 Å². The molecule has 0 radical (unpaired) electrons. The molecule has 0 aromatic carbocycles. The molecule has 0 aliphatic carbocycles. The van der Waals surface area contributed by atoms with Crippen LogP contribution < -0.4 is 5.73 Å². The van der Waals surface area contributed by atoms with Gasteiger partial charge in [-0.3, -0.25) is 0 Å². The van der Waals surface area contributed by atoms with Gasteiger partial charge in [0, 0.05) is 6.61 Å². The topological polar surface area (TPSA) is 83.4 Å². The Morgan fingerprint density at radius 1 is 1.47 bits per heavy atom. The number of hydrogen-bond donors (Lipinski definition) is 1. The molecule has 0 bridgehead atoms. The van der Waals surface area contributed by atoms with Gasteiger partial charge in [-0.1, -0.05) is 5.16 Å². The zero-order valence-electron chi connectivity index (χ0n) is 10.9. The highest BCUT2D eigenvalue weighted by molar-refractivity contribution is 5.01. The molecule has 1 atom stereocenters. The maximum atomic E-state index is 6.08. The van der Waals surface area contributed by atoms with E-state index >= 15 is 0 Å². The van der Waals surface area contributed by atoms with Crippen LogP contribution in [0.1, 0.15) is 39.4 Å². The van der Waals surface area contributed by atoms with Crippen molar-refractivity contribution in [2.45, 2.75) is 45.9 Å². The third-order valence-corrected chi connectivity index (χ3v) is 2.13. The third-order valence-electron chi connectivity index (χ3n) is 2.13. The van der Waals surface area contributed by atoms with Gasteiger partial charge in [-0.05, 0) is 27.7 Å². The smallest absolute Gasteiger partial charge is 0.252 e. The molecule has 0 aliphatic rings. The fraction of sp³-hybridized carbons (Fsp3) is 0.818. The van der Waals surface area contributed by atoms with E-state index in [-0.39, 0.29) is 6.10 Å². The minimum Gasteiger partial charge on any atom is -0.376 e. The van der Waals surface area contributed by atoms with Crippen LogP contribution in [0.2, 0.25) is 0 Å². The second-order valence-electron chi connectivity index (χ2n) is 4.43. The average Bonchev–Trinajstić information content (AvgIpc) is 2.73. The summed E-state index contributed by atoms with van der Waals surface area (Å²) in [5, 5.41) is 3.85. The zero-order valence-corrected chi connectivity index (χ0v) is 10.9. The van der Waals surface area contributed by atoms with E-state index in [1.165, 1.54) is 0 Å². The van der Waals surface area contributed by atoms with E-state index < -0.39 is 5.54 Å². The van der Waals surface area contributed by atoms with Gasteiger partial charge < -0.3 is 19.7 Å². The molecule has 2 N–H and O–H groups in total. The molecule has 98 valence electrons. The van der Waals surface area contributed by atoms with Crippen molar-refractivity contribution in [1.82, 2.24) is 10.1 Å². The average molecular weight is 243 g/mol. The van der Waals surface area contributed by atoms with Crippen LogP contribution in [-0.2, 0) is 21.6 Å². The number of rotatable bonds is 7. The fourth-order valence-corrected chi connectivity index (χ4v) is 1.14. The lowest BCUT2D eigenvalue weighted by Crippen LogP contribution is -2.40. The van der Waals surface area contributed by atoms with Crippen molar-refractivity contribution in [3.63, 3.8) is 0 Å². The molecular weight excluding hydrogens is 222 g/mol. The normalized spacial score (nSPS) is 15.2. The maximum absolute atomic E-state index is 6.08. The molecule has 0 aliphatic heterocycles. The molecule has 0 saturated heterocycles. The Balaban J connectivity index is 2.60. The van der Waals surface area contributed by atoms with Crippen molar-refractivity contribution in [3.8, 4) is 0 Å². The number of aromatic nitrogens is 2. The molecule has 0 saturated carbocycles. The van der Waals surface area contributed by atoms with Crippen LogP contribution in [-0.4, -0.2) is 29.5 Å². The van der Waals surface area contributed by atoms with Crippen molar-refractivity contribution in [2.24, 2.45) is 5.73 Å². The van der Waals surface area contributed by atoms with Crippen LogP contribution in [0.4, 0.5) is 0 Å². The lowest BCUT2D eigenvalue weighted by molar-refractivity contribution is 0.0410. The Bertz CT molecular complexity index is 336. The van der Waals surface area contributed by atoms with Gasteiger partial charge in [-0.2, -0.15) is 4.98 Å². The summed E-state index contributed by atoms with van der Waals surface area (Å²) in [6.07, 6.45) is 0.118. The van der Waals surface area contributed by atoms with Crippen molar-refractivity contribution in [2.75, 3.05) is 13.2 Å². The molecule has 1 aromatic heterocycles. The lowest BCUT2D eigenvalue weighted by Gasteiger charge is -2.21. The monoisotopic (exact) mass is 243 g/mol. The Hall–Kier alpha value is -0.980. The molecule has 0 amide bonds. The number of nitrogens with two attached hydrogens (primary N) is 1. The van der Waals surface area contributed by atoms with Gasteiger partial charge in [-0.15, -0.1) is 0 Å². The molecule has 0 spiro atoms. The summed E-state index contributed by atoms with van der Waals surface area (Å²) in [4.78, 5) is 4.19. The van der Waals surface area contributed by atoms with Crippen LogP contribution in [0.15, 0.2) is 4.52 Å². The minimum atomic E-state index is -0.752. The summed E-state index contributed by atoms with van der Waals surface area (Å²) in [6.45, 7) is 8.88. The van der Waals surface area contributed by atoms with Crippen LogP contribution >= 0.6 is 0 Å². The maximum Gasteiger partial charge on any atom is 0.252 e. The largest absolute Gasteiger partial charge is 0.376 e. The summed E-state index contributed by atoms with van der Waals surface area (Å²) >= 11 is 0. The number of hydrogen-bond acceptors (Lipinski definition) is 6. The Morgan fingerprint density at radius 2 is 2.18 bits per heavy atom. The van der Waals surface area contributed by atoms with E-state index in [4.69, 9.17) is 19.7 Å². The molecule has 1 unspecified atom stereocenters. The Morgan fingerprint density at radius 3 is 2.76 bits per heavy atom. The molecule has 6 nitrogen and oxygen atoms in total.